The predicted octanol–water partition coefficient (Wildman–Crippen LogP) is 7.43. The van der Waals surface area contributed by atoms with Gasteiger partial charge in [-0.3, -0.25) is 0 Å². The first-order valence-electron chi connectivity index (χ1n) is 7.04. The Balaban J connectivity index is -0.0000000426. The van der Waals surface area contributed by atoms with E-state index in [9.17, 15) is 0 Å². The lowest BCUT2D eigenvalue weighted by molar-refractivity contribution is 0.457. The highest BCUT2D eigenvalue weighted by Crippen LogP contribution is 2.29. The molecule has 0 saturated heterocycles. The Bertz CT molecular complexity index is 73.3. The smallest absolute Gasteiger partial charge is 0.0417 e. The lowest BCUT2D eigenvalue weighted by Crippen LogP contribution is -1.95. The fourth-order valence-corrected chi connectivity index (χ4v) is 1.33. The molecule has 0 aromatic rings. The largest absolute Gasteiger partial charge is 0.0776 e. The summed E-state index contributed by atoms with van der Waals surface area (Å²) in [6, 6.07) is 0. The van der Waals surface area contributed by atoms with Gasteiger partial charge in [-0.15, -0.1) is 0 Å². The van der Waals surface area contributed by atoms with Crippen molar-refractivity contribution in [2.45, 2.75) is 96.4 Å². The second kappa shape index (κ2) is 25.0. The fraction of sp³-hybridized carbons (Fsp3) is 1.00. The van der Waals surface area contributed by atoms with Crippen LogP contribution >= 0.6 is 0 Å². The summed E-state index contributed by atoms with van der Waals surface area (Å²) in [6.45, 7) is 19.2. The second-order valence-electron chi connectivity index (χ2n) is 4.62. The van der Waals surface area contributed by atoms with Crippen LogP contribution in [0.25, 0.3) is 0 Å². The van der Waals surface area contributed by atoms with E-state index >= 15 is 0 Å². The normalized spacial score (nSPS) is 20.1. The minimum atomic E-state index is 0. The Morgan fingerprint density at radius 2 is 0.882 bits per heavy atom. The minimum Gasteiger partial charge on any atom is -0.0776 e. The van der Waals surface area contributed by atoms with Gasteiger partial charge in [-0.2, -0.15) is 0 Å². The van der Waals surface area contributed by atoms with Crippen molar-refractivity contribution >= 4 is 0 Å². The van der Waals surface area contributed by atoms with Gasteiger partial charge < -0.3 is 0 Å². The van der Waals surface area contributed by atoms with Crippen LogP contribution in [0.5, 0.6) is 0 Å². The molecular formula is C17H44. The van der Waals surface area contributed by atoms with Gasteiger partial charge in [0.05, 0.1) is 0 Å². The number of hydrogen-bond acceptors (Lipinski definition) is 0. The molecule has 0 radical (unpaired) electrons. The van der Waals surface area contributed by atoms with Crippen molar-refractivity contribution < 1.29 is 0 Å². The first-order chi connectivity index (χ1) is 7.04. The molecule has 0 bridgehead atoms. The van der Waals surface area contributed by atoms with E-state index in [4.69, 9.17) is 0 Å². The van der Waals surface area contributed by atoms with Gasteiger partial charge >= 0.3 is 0 Å². The summed E-state index contributed by atoms with van der Waals surface area (Å²) in [5.74, 6) is 2.86. The lowest BCUT2D eigenvalue weighted by atomic mass is 10.0. The highest BCUT2D eigenvalue weighted by Gasteiger charge is 2.17. The molecule has 17 heavy (non-hydrogen) atoms. The third-order valence-corrected chi connectivity index (χ3v) is 2.29. The minimum absolute atomic E-state index is 0. The van der Waals surface area contributed by atoms with Crippen LogP contribution in [0.1, 0.15) is 96.4 Å². The quantitative estimate of drug-likeness (QED) is 0.418. The molecule has 0 aliphatic heterocycles. The molecule has 0 heteroatoms. The molecule has 0 aromatic carbocycles. The van der Waals surface area contributed by atoms with Gasteiger partial charge in [-0.05, 0) is 17.8 Å². The van der Waals surface area contributed by atoms with Crippen LogP contribution in [-0.2, 0) is 0 Å². The van der Waals surface area contributed by atoms with Gasteiger partial charge in [0.1, 0.15) is 0 Å². The third-order valence-electron chi connectivity index (χ3n) is 2.29. The molecule has 0 spiro atoms. The zero-order valence-corrected chi connectivity index (χ0v) is 12.9. The zero-order valence-electron chi connectivity index (χ0n) is 12.9. The number of hydrogen-bond donors (Lipinski definition) is 0. The van der Waals surface area contributed by atoms with E-state index in [0.717, 1.165) is 17.8 Å². The molecule has 0 N–H and O–H groups in total. The molecule has 2 unspecified atom stereocenters. The van der Waals surface area contributed by atoms with Crippen LogP contribution in [0.3, 0.4) is 0 Å². The summed E-state index contributed by atoms with van der Waals surface area (Å²) < 4.78 is 0. The van der Waals surface area contributed by atoms with Crippen LogP contribution in [-0.4, -0.2) is 0 Å². The Kier molecular flexibility index (Phi) is 44.4. The van der Waals surface area contributed by atoms with Crippen molar-refractivity contribution in [3.05, 3.63) is 0 Å². The van der Waals surface area contributed by atoms with Gasteiger partial charge in [0, 0.05) is 0 Å². The average molecular weight is 249 g/mol. The monoisotopic (exact) mass is 248 g/mol. The fourth-order valence-electron chi connectivity index (χ4n) is 1.33. The maximum Gasteiger partial charge on any atom is -0.0417 e. The van der Waals surface area contributed by atoms with E-state index in [2.05, 4.69) is 34.6 Å². The maximum absolute atomic E-state index is 2.36. The Morgan fingerprint density at radius 3 is 0.941 bits per heavy atom. The van der Waals surface area contributed by atoms with Gasteiger partial charge in [-0.25, -0.2) is 0 Å². The van der Waals surface area contributed by atoms with E-state index in [0.29, 0.717) is 0 Å². The van der Waals surface area contributed by atoms with Crippen LogP contribution in [0.2, 0.25) is 0 Å². The van der Waals surface area contributed by atoms with Crippen molar-refractivity contribution in [2.24, 2.45) is 17.8 Å². The Morgan fingerprint density at radius 1 is 0.706 bits per heavy atom. The predicted molar refractivity (Wildman–Crippen MR) is 88.8 cm³/mol. The van der Waals surface area contributed by atoms with Crippen LogP contribution in [0.4, 0.5) is 0 Å². The first kappa shape index (κ1) is 30.2. The molecule has 1 aliphatic rings. The van der Waals surface area contributed by atoms with Crippen LogP contribution in [0, 0.1) is 17.8 Å². The molecule has 0 aromatic heterocycles. The Hall–Kier alpha value is 0. The molecule has 1 aliphatic carbocycles. The molecule has 112 valence electrons. The molecule has 1 saturated carbocycles. The highest BCUT2D eigenvalue weighted by atomic mass is 14.2. The van der Waals surface area contributed by atoms with E-state index in [1.807, 2.05) is 27.7 Å². The van der Waals surface area contributed by atoms with E-state index in [1.165, 1.54) is 19.3 Å². The van der Waals surface area contributed by atoms with E-state index in [1.54, 1.807) is 0 Å². The SMILES string of the molecule is C.C.CC.CC.CC(C)C.CC1CCCC1C. The summed E-state index contributed by atoms with van der Waals surface area (Å²) in [7, 11) is 0. The first-order valence-corrected chi connectivity index (χ1v) is 7.04. The molecule has 1 fully saturated rings. The lowest BCUT2D eigenvalue weighted by Gasteiger charge is -2.05. The van der Waals surface area contributed by atoms with E-state index in [-0.39, 0.29) is 14.9 Å². The highest BCUT2D eigenvalue weighted by molar-refractivity contribution is 4.69. The van der Waals surface area contributed by atoms with Crippen molar-refractivity contribution in [1.29, 1.82) is 0 Å². The molecule has 2 atom stereocenters. The zero-order chi connectivity index (χ0) is 12.9. The Labute approximate surface area is 115 Å². The molecule has 0 heterocycles. The van der Waals surface area contributed by atoms with Crippen molar-refractivity contribution in [1.82, 2.24) is 0 Å². The van der Waals surface area contributed by atoms with Gasteiger partial charge in [-0.1, -0.05) is 96.4 Å². The molecule has 0 nitrogen and oxygen atoms in total. The van der Waals surface area contributed by atoms with Crippen molar-refractivity contribution in [3.8, 4) is 0 Å². The average Bonchev–Trinajstić information content (AvgIpc) is 2.57. The molecule has 1 rings (SSSR count). The van der Waals surface area contributed by atoms with Crippen molar-refractivity contribution in [2.75, 3.05) is 0 Å². The summed E-state index contributed by atoms with van der Waals surface area (Å²) in [4.78, 5) is 0. The van der Waals surface area contributed by atoms with E-state index < -0.39 is 0 Å². The van der Waals surface area contributed by atoms with Crippen molar-refractivity contribution in [3.63, 3.8) is 0 Å². The third kappa shape index (κ3) is 31.4. The van der Waals surface area contributed by atoms with Crippen LogP contribution in [0.15, 0.2) is 0 Å². The second-order valence-corrected chi connectivity index (χ2v) is 4.62. The summed E-state index contributed by atoms with van der Waals surface area (Å²) in [6.07, 6.45) is 4.42. The number of rotatable bonds is 0. The van der Waals surface area contributed by atoms with Crippen LogP contribution < -0.4 is 0 Å². The summed E-state index contributed by atoms with van der Waals surface area (Å²) >= 11 is 0. The standard InChI is InChI=1S/C7H14.C4H10.2C2H6.2CH4/c1-6-4-3-5-7(6)2;1-4(2)3;2*1-2;;/h6-7H,3-5H2,1-2H3;4H,1-3H3;2*1-2H3;2*1H4. The molecule has 0 amide bonds. The maximum atomic E-state index is 2.36. The summed E-state index contributed by atoms with van der Waals surface area (Å²) in [5.41, 5.74) is 0. The molecular weight excluding hydrogens is 204 g/mol. The van der Waals surface area contributed by atoms with Gasteiger partial charge in [0.15, 0.2) is 0 Å². The van der Waals surface area contributed by atoms with Gasteiger partial charge in [0.2, 0.25) is 0 Å². The summed E-state index contributed by atoms with van der Waals surface area (Å²) in [5, 5.41) is 0. The van der Waals surface area contributed by atoms with Gasteiger partial charge in [0.25, 0.3) is 0 Å². The topological polar surface area (TPSA) is 0 Å².